The van der Waals surface area contributed by atoms with E-state index in [1.807, 2.05) is 6.92 Å². The molecule has 2 aromatic rings. The number of thiazole rings is 1. The summed E-state index contributed by atoms with van der Waals surface area (Å²) in [5.74, 6) is 0. The van der Waals surface area contributed by atoms with Crippen LogP contribution in [-0.2, 0) is 0 Å². The van der Waals surface area contributed by atoms with Crippen LogP contribution < -0.4 is 0 Å². The van der Waals surface area contributed by atoms with Crippen LogP contribution in [0.5, 0.6) is 0 Å². The van der Waals surface area contributed by atoms with E-state index in [2.05, 4.69) is 20.4 Å². The second-order valence-corrected chi connectivity index (χ2v) is 3.51. The number of aryl methyl sites for hydroxylation is 1. The third-order valence-corrected chi connectivity index (χ3v) is 2.29. The quantitative estimate of drug-likeness (QED) is 0.625. The Hall–Kier alpha value is -0.810. The molecule has 0 aliphatic rings. The van der Waals surface area contributed by atoms with Crippen LogP contribution in [0.25, 0.3) is 10.3 Å². The first-order valence-electron chi connectivity index (χ1n) is 2.89. The number of rotatable bonds is 0. The van der Waals surface area contributed by atoms with Crippen molar-refractivity contribution < 1.29 is 0 Å². The van der Waals surface area contributed by atoms with Gasteiger partial charge in [0.15, 0.2) is 9.98 Å². The van der Waals surface area contributed by atoms with Gasteiger partial charge < -0.3 is 0 Å². The summed E-state index contributed by atoms with van der Waals surface area (Å²) in [4.78, 5) is 4.87. The lowest BCUT2D eigenvalue weighted by Crippen LogP contribution is -1.86. The van der Waals surface area contributed by atoms with Gasteiger partial charge in [0.05, 0.1) is 5.01 Å². The molecule has 2 rings (SSSR count). The maximum Gasteiger partial charge on any atom is 0.182 e. The normalized spacial score (nSPS) is 10.7. The second-order valence-electron chi connectivity index (χ2n) is 1.97. The highest BCUT2D eigenvalue weighted by atomic mass is 35.5. The van der Waals surface area contributed by atoms with Crippen LogP contribution in [0.15, 0.2) is 0 Å². The van der Waals surface area contributed by atoms with E-state index < -0.39 is 0 Å². The Bertz CT molecular complexity index is 398. The zero-order chi connectivity index (χ0) is 7.84. The number of hydrogen-bond donors (Lipinski definition) is 0. The van der Waals surface area contributed by atoms with E-state index in [1.165, 1.54) is 11.3 Å². The summed E-state index contributed by atoms with van der Waals surface area (Å²) in [5.41, 5.74) is 0.643. The Morgan fingerprint density at radius 1 is 1.36 bits per heavy atom. The van der Waals surface area contributed by atoms with Gasteiger partial charge in [-0.3, -0.25) is 0 Å². The number of halogens is 1. The van der Waals surface area contributed by atoms with Crippen LogP contribution in [-0.4, -0.2) is 20.4 Å². The molecule has 0 saturated carbocycles. The molecule has 0 spiro atoms. The molecule has 0 bridgehead atoms. The summed E-state index contributed by atoms with van der Waals surface area (Å²) in [5, 5.41) is 12.0. The molecule has 0 N–H and O–H groups in total. The predicted octanol–water partition coefficient (Wildman–Crippen LogP) is 1.44. The second kappa shape index (κ2) is 2.35. The standard InChI is InChI=1S/C5H3ClN4S/c1-2-7-3-4(6)8-10-9-5(3)11-2/h1H3. The molecule has 0 fully saturated rings. The minimum absolute atomic E-state index is 0.319. The average molecular weight is 187 g/mol. The van der Waals surface area contributed by atoms with Crippen molar-refractivity contribution in [1.29, 1.82) is 0 Å². The van der Waals surface area contributed by atoms with E-state index in [0.717, 1.165) is 9.84 Å². The molecule has 0 unspecified atom stereocenters. The van der Waals surface area contributed by atoms with Gasteiger partial charge in [-0.15, -0.1) is 10.2 Å². The SMILES string of the molecule is Cc1nc2c(Cl)nnnc2s1. The Morgan fingerprint density at radius 2 is 2.18 bits per heavy atom. The summed E-state index contributed by atoms with van der Waals surface area (Å²) in [6.45, 7) is 1.89. The van der Waals surface area contributed by atoms with Crippen molar-refractivity contribution in [2.24, 2.45) is 0 Å². The van der Waals surface area contributed by atoms with Crippen LogP contribution in [0.3, 0.4) is 0 Å². The average Bonchev–Trinajstić information content (AvgIpc) is 2.31. The van der Waals surface area contributed by atoms with E-state index in [-0.39, 0.29) is 0 Å². The molecule has 0 aliphatic carbocycles. The van der Waals surface area contributed by atoms with Gasteiger partial charge in [0.2, 0.25) is 0 Å². The van der Waals surface area contributed by atoms with Gasteiger partial charge in [-0.1, -0.05) is 22.9 Å². The van der Waals surface area contributed by atoms with Crippen molar-refractivity contribution in [1.82, 2.24) is 20.4 Å². The van der Waals surface area contributed by atoms with Crippen molar-refractivity contribution >= 4 is 33.3 Å². The van der Waals surface area contributed by atoms with E-state index in [9.17, 15) is 0 Å². The Labute approximate surface area is 71.2 Å². The van der Waals surface area contributed by atoms with Crippen LogP contribution in [0, 0.1) is 6.92 Å². The Kier molecular flexibility index (Phi) is 1.47. The first-order chi connectivity index (χ1) is 5.27. The minimum atomic E-state index is 0.319. The lowest BCUT2D eigenvalue weighted by molar-refractivity contribution is 0.898. The number of hydrogen-bond acceptors (Lipinski definition) is 5. The molecule has 0 amide bonds. The maximum atomic E-state index is 5.70. The monoisotopic (exact) mass is 186 g/mol. The molecular formula is C5H3ClN4S. The van der Waals surface area contributed by atoms with E-state index in [0.29, 0.717) is 10.7 Å². The van der Waals surface area contributed by atoms with Crippen LogP contribution >= 0.6 is 22.9 Å². The predicted molar refractivity (Wildman–Crippen MR) is 42.8 cm³/mol. The van der Waals surface area contributed by atoms with Gasteiger partial charge in [-0.25, -0.2) is 4.98 Å². The molecular weight excluding hydrogens is 184 g/mol. The maximum absolute atomic E-state index is 5.70. The van der Waals surface area contributed by atoms with Crippen LogP contribution in [0.4, 0.5) is 0 Å². The number of nitrogens with zero attached hydrogens (tertiary/aromatic N) is 4. The molecule has 2 heterocycles. The van der Waals surface area contributed by atoms with Gasteiger partial charge >= 0.3 is 0 Å². The van der Waals surface area contributed by atoms with Gasteiger partial charge in [0, 0.05) is 0 Å². The Balaban J connectivity index is 2.90. The van der Waals surface area contributed by atoms with Crippen LogP contribution in [0.2, 0.25) is 5.15 Å². The topological polar surface area (TPSA) is 51.6 Å². The smallest absolute Gasteiger partial charge is 0.182 e. The van der Waals surface area contributed by atoms with E-state index >= 15 is 0 Å². The fraction of sp³-hybridized carbons (Fsp3) is 0.200. The van der Waals surface area contributed by atoms with Crippen molar-refractivity contribution in [3.05, 3.63) is 10.2 Å². The molecule has 2 aromatic heterocycles. The molecule has 0 radical (unpaired) electrons. The molecule has 56 valence electrons. The summed E-state index contributed by atoms with van der Waals surface area (Å²) in [6, 6.07) is 0. The van der Waals surface area contributed by atoms with Crippen molar-refractivity contribution in [2.45, 2.75) is 6.92 Å². The minimum Gasteiger partial charge on any atom is -0.236 e. The highest BCUT2D eigenvalue weighted by Gasteiger charge is 2.06. The number of aromatic nitrogens is 4. The summed E-state index contributed by atoms with van der Waals surface area (Å²) < 4.78 is 0. The first kappa shape index (κ1) is 6.87. The van der Waals surface area contributed by atoms with Gasteiger partial charge in [0.25, 0.3) is 0 Å². The van der Waals surface area contributed by atoms with E-state index in [4.69, 9.17) is 11.6 Å². The lowest BCUT2D eigenvalue weighted by Gasteiger charge is -1.84. The van der Waals surface area contributed by atoms with E-state index in [1.54, 1.807) is 0 Å². The van der Waals surface area contributed by atoms with Crippen molar-refractivity contribution in [3.63, 3.8) is 0 Å². The summed E-state index contributed by atoms with van der Waals surface area (Å²) in [7, 11) is 0. The Morgan fingerprint density at radius 3 is 2.91 bits per heavy atom. The van der Waals surface area contributed by atoms with Crippen molar-refractivity contribution in [3.8, 4) is 0 Å². The first-order valence-corrected chi connectivity index (χ1v) is 4.09. The third-order valence-electron chi connectivity index (χ3n) is 1.18. The summed E-state index contributed by atoms with van der Waals surface area (Å²) in [6.07, 6.45) is 0. The van der Waals surface area contributed by atoms with Gasteiger partial charge in [-0.2, -0.15) is 0 Å². The molecule has 11 heavy (non-hydrogen) atoms. The third kappa shape index (κ3) is 1.06. The highest BCUT2D eigenvalue weighted by Crippen LogP contribution is 2.22. The fourth-order valence-corrected chi connectivity index (χ4v) is 1.72. The molecule has 4 nitrogen and oxygen atoms in total. The molecule has 0 saturated heterocycles. The zero-order valence-corrected chi connectivity index (χ0v) is 7.15. The zero-order valence-electron chi connectivity index (χ0n) is 5.58. The summed E-state index contributed by atoms with van der Waals surface area (Å²) >= 11 is 7.16. The largest absolute Gasteiger partial charge is 0.236 e. The molecule has 0 aliphatic heterocycles. The van der Waals surface area contributed by atoms with Gasteiger partial charge in [0.1, 0.15) is 5.52 Å². The van der Waals surface area contributed by atoms with Gasteiger partial charge in [-0.05, 0) is 12.1 Å². The van der Waals surface area contributed by atoms with Crippen LogP contribution in [0.1, 0.15) is 5.01 Å². The lowest BCUT2D eigenvalue weighted by atomic mass is 10.6. The molecule has 6 heteroatoms. The highest BCUT2D eigenvalue weighted by molar-refractivity contribution is 7.18. The number of fused-ring (bicyclic) bond motifs is 1. The fourth-order valence-electron chi connectivity index (χ4n) is 0.768. The molecule has 0 aromatic carbocycles. The van der Waals surface area contributed by atoms with Crippen molar-refractivity contribution in [2.75, 3.05) is 0 Å². The molecule has 0 atom stereocenters.